The molecule has 0 saturated heterocycles. The fourth-order valence-corrected chi connectivity index (χ4v) is 3.90. The van der Waals surface area contributed by atoms with Crippen LogP contribution in [0.5, 0.6) is 5.75 Å². The molecule has 1 aromatic carbocycles. The highest BCUT2D eigenvalue weighted by Crippen LogP contribution is 2.34. The standard InChI is InChI=1S/C17H22N2OS/c1-3-14-10-18-17(21-14)11(2)19-16-6-4-5-12-9-13(20)7-8-15(12)16/h7-11,16,19-20H,3-6H2,1-2H3. The van der Waals surface area contributed by atoms with Crippen molar-refractivity contribution in [3.05, 3.63) is 45.4 Å². The molecule has 0 saturated carbocycles. The SMILES string of the molecule is CCc1cnc(C(C)NC2CCCc3cc(O)ccc32)s1. The van der Waals surface area contributed by atoms with Crippen molar-refractivity contribution < 1.29 is 5.11 Å². The molecule has 0 amide bonds. The average Bonchev–Trinajstić information content (AvgIpc) is 2.96. The van der Waals surface area contributed by atoms with Gasteiger partial charge >= 0.3 is 0 Å². The lowest BCUT2D eigenvalue weighted by atomic mass is 9.87. The van der Waals surface area contributed by atoms with Gasteiger partial charge in [-0.3, -0.25) is 0 Å². The van der Waals surface area contributed by atoms with Gasteiger partial charge in [0.1, 0.15) is 10.8 Å². The first-order valence-corrected chi connectivity index (χ1v) is 8.51. The summed E-state index contributed by atoms with van der Waals surface area (Å²) in [5.41, 5.74) is 2.61. The topological polar surface area (TPSA) is 45.2 Å². The molecule has 1 aliphatic rings. The van der Waals surface area contributed by atoms with Crippen LogP contribution in [0.1, 0.15) is 59.8 Å². The highest BCUT2D eigenvalue weighted by molar-refractivity contribution is 7.11. The van der Waals surface area contributed by atoms with Crippen LogP contribution in [0.15, 0.2) is 24.4 Å². The number of aromatic nitrogens is 1. The first-order chi connectivity index (χ1) is 10.2. The molecule has 2 unspecified atom stereocenters. The first-order valence-electron chi connectivity index (χ1n) is 7.69. The van der Waals surface area contributed by atoms with E-state index >= 15 is 0 Å². The van der Waals surface area contributed by atoms with Gasteiger partial charge in [0, 0.05) is 17.1 Å². The van der Waals surface area contributed by atoms with Gasteiger partial charge in [-0.05, 0) is 55.9 Å². The number of nitrogens with zero attached hydrogens (tertiary/aromatic N) is 1. The predicted molar refractivity (Wildman–Crippen MR) is 86.8 cm³/mol. The van der Waals surface area contributed by atoms with E-state index in [2.05, 4.69) is 30.2 Å². The molecule has 0 aliphatic heterocycles. The Morgan fingerprint density at radius 2 is 2.33 bits per heavy atom. The number of phenolic OH excluding ortho intramolecular Hbond substituents is 1. The van der Waals surface area contributed by atoms with Crippen LogP contribution < -0.4 is 5.32 Å². The number of aryl methyl sites for hydroxylation is 2. The largest absolute Gasteiger partial charge is 0.508 e. The van der Waals surface area contributed by atoms with Gasteiger partial charge in [-0.2, -0.15) is 0 Å². The van der Waals surface area contributed by atoms with E-state index in [0.717, 1.165) is 24.3 Å². The summed E-state index contributed by atoms with van der Waals surface area (Å²) in [6.45, 7) is 4.35. The number of thiazole rings is 1. The van der Waals surface area contributed by atoms with Crippen LogP contribution in [-0.4, -0.2) is 10.1 Å². The molecule has 2 aromatic rings. The molecule has 112 valence electrons. The lowest BCUT2D eigenvalue weighted by Gasteiger charge is -2.28. The quantitative estimate of drug-likeness (QED) is 0.892. The molecule has 1 aromatic heterocycles. The van der Waals surface area contributed by atoms with Gasteiger partial charge in [0.25, 0.3) is 0 Å². The van der Waals surface area contributed by atoms with Gasteiger partial charge in [-0.1, -0.05) is 13.0 Å². The van der Waals surface area contributed by atoms with Gasteiger partial charge in [0.2, 0.25) is 0 Å². The van der Waals surface area contributed by atoms with Crippen LogP contribution >= 0.6 is 11.3 Å². The zero-order chi connectivity index (χ0) is 14.8. The highest BCUT2D eigenvalue weighted by atomic mass is 32.1. The normalized spacial score (nSPS) is 19.2. The van der Waals surface area contributed by atoms with Gasteiger partial charge in [-0.15, -0.1) is 11.3 Å². The molecule has 1 aliphatic carbocycles. The molecule has 2 atom stereocenters. The fraction of sp³-hybridized carbons (Fsp3) is 0.471. The minimum absolute atomic E-state index is 0.264. The Hall–Kier alpha value is -1.39. The zero-order valence-electron chi connectivity index (χ0n) is 12.6. The number of aromatic hydroxyl groups is 1. The number of benzene rings is 1. The van der Waals surface area contributed by atoms with Crippen LogP contribution in [0.4, 0.5) is 0 Å². The molecule has 1 heterocycles. The summed E-state index contributed by atoms with van der Waals surface area (Å²) in [6.07, 6.45) is 6.42. The second kappa shape index (κ2) is 6.16. The Morgan fingerprint density at radius 1 is 1.48 bits per heavy atom. The van der Waals surface area contributed by atoms with Crippen molar-refractivity contribution >= 4 is 11.3 Å². The molecule has 0 fully saturated rings. The molecule has 0 spiro atoms. The van der Waals surface area contributed by atoms with E-state index in [1.165, 1.54) is 22.4 Å². The van der Waals surface area contributed by atoms with E-state index in [9.17, 15) is 5.11 Å². The number of fused-ring (bicyclic) bond motifs is 1. The second-order valence-corrected chi connectivity index (χ2v) is 6.88. The molecule has 3 rings (SSSR count). The summed E-state index contributed by atoms with van der Waals surface area (Å²) >= 11 is 1.80. The number of hydrogen-bond donors (Lipinski definition) is 2. The maximum atomic E-state index is 9.64. The van der Waals surface area contributed by atoms with E-state index in [1.54, 1.807) is 17.4 Å². The van der Waals surface area contributed by atoms with E-state index < -0.39 is 0 Å². The predicted octanol–water partition coefficient (Wildman–Crippen LogP) is 4.14. The van der Waals surface area contributed by atoms with Gasteiger partial charge < -0.3 is 10.4 Å². The highest BCUT2D eigenvalue weighted by Gasteiger charge is 2.23. The van der Waals surface area contributed by atoms with Crippen molar-refractivity contribution in [3.63, 3.8) is 0 Å². The Labute approximate surface area is 130 Å². The lowest BCUT2D eigenvalue weighted by molar-refractivity contribution is 0.412. The maximum Gasteiger partial charge on any atom is 0.115 e. The Balaban J connectivity index is 1.76. The number of hydrogen-bond acceptors (Lipinski definition) is 4. The summed E-state index contributed by atoms with van der Waals surface area (Å²) in [5, 5.41) is 14.5. The minimum Gasteiger partial charge on any atom is -0.508 e. The zero-order valence-corrected chi connectivity index (χ0v) is 13.4. The van der Waals surface area contributed by atoms with Crippen LogP contribution in [0.2, 0.25) is 0 Å². The smallest absolute Gasteiger partial charge is 0.115 e. The van der Waals surface area contributed by atoms with E-state index in [-0.39, 0.29) is 6.04 Å². The molecule has 4 heteroatoms. The third-order valence-corrected chi connectivity index (χ3v) is 5.51. The van der Waals surface area contributed by atoms with E-state index in [4.69, 9.17) is 0 Å². The lowest BCUT2D eigenvalue weighted by Crippen LogP contribution is -2.27. The molecular weight excluding hydrogens is 280 g/mol. The van der Waals surface area contributed by atoms with Crippen LogP contribution in [0.25, 0.3) is 0 Å². The van der Waals surface area contributed by atoms with Crippen LogP contribution in [-0.2, 0) is 12.8 Å². The fourth-order valence-electron chi connectivity index (χ4n) is 3.03. The molecule has 2 N–H and O–H groups in total. The van der Waals surface area contributed by atoms with Crippen molar-refractivity contribution in [1.82, 2.24) is 10.3 Å². The van der Waals surface area contributed by atoms with Crippen molar-refractivity contribution in [3.8, 4) is 5.75 Å². The van der Waals surface area contributed by atoms with E-state index in [0.29, 0.717) is 11.8 Å². The Kier molecular flexibility index (Phi) is 4.27. The van der Waals surface area contributed by atoms with Gasteiger partial charge in [-0.25, -0.2) is 4.98 Å². The Bertz CT molecular complexity index is 623. The van der Waals surface area contributed by atoms with Crippen molar-refractivity contribution in [2.45, 2.75) is 51.6 Å². The molecular formula is C17H22N2OS. The summed E-state index contributed by atoms with van der Waals surface area (Å²) < 4.78 is 0. The molecule has 0 radical (unpaired) electrons. The summed E-state index contributed by atoms with van der Waals surface area (Å²) in [7, 11) is 0. The van der Waals surface area contributed by atoms with Gasteiger partial charge in [0.15, 0.2) is 0 Å². The van der Waals surface area contributed by atoms with Crippen molar-refractivity contribution in [2.24, 2.45) is 0 Å². The number of rotatable bonds is 4. The Morgan fingerprint density at radius 3 is 3.10 bits per heavy atom. The molecule has 21 heavy (non-hydrogen) atoms. The number of nitrogens with one attached hydrogen (secondary N) is 1. The third kappa shape index (κ3) is 3.11. The van der Waals surface area contributed by atoms with Gasteiger partial charge in [0.05, 0.1) is 6.04 Å². The van der Waals surface area contributed by atoms with E-state index in [1.807, 2.05) is 12.3 Å². The molecule has 3 nitrogen and oxygen atoms in total. The van der Waals surface area contributed by atoms with Crippen molar-refractivity contribution in [2.75, 3.05) is 0 Å². The second-order valence-electron chi connectivity index (χ2n) is 5.73. The molecule has 0 bridgehead atoms. The monoisotopic (exact) mass is 302 g/mol. The summed E-state index contributed by atoms with van der Waals surface area (Å²) in [4.78, 5) is 5.88. The summed E-state index contributed by atoms with van der Waals surface area (Å²) in [6, 6.07) is 6.39. The minimum atomic E-state index is 0.264. The number of phenols is 1. The summed E-state index contributed by atoms with van der Waals surface area (Å²) in [5.74, 6) is 0.370. The maximum absolute atomic E-state index is 9.64. The van der Waals surface area contributed by atoms with Crippen LogP contribution in [0.3, 0.4) is 0 Å². The van der Waals surface area contributed by atoms with Crippen molar-refractivity contribution in [1.29, 1.82) is 0 Å². The average molecular weight is 302 g/mol. The third-order valence-electron chi connectivity index (χ3n) is 4.18. The van der Waals surface area contributed by atoms with Crippen LogP contribution in [0, 0.1) is 0 Å². The first kappa shape index (κ1) is 14.5.